The Morgan fingerprint density at radius 1 is 1.50 bits per heavy atom. The van der Waals surface area contributed by atoms with E-state index in [1.807, 2.05) is 11.8 Å². The summed E-state index contributed by atoms with van der Waals surface area (Å²) >= 11 is 6.01. The van der Waals surface area contributed by atoms with E-state index in [-0.39, 0.29) is 11.9 Å². The molecule has 0 amide bonds. The van der Waals surface area contributed by atoms with Crippen LogP contribution in [0.15, 0.2) is 18.2 Å². The zero-order chi connectivity index (χ0) is 13.1. The van der Waals surface area contributed by atoms with Crippen LogP contribution in [0.4, 0.5) is 4.39 Å². The van der Waals surface area contributed by atoms with Crippen LogP contribution < -0.4 is 0 Å². The first kappa shape index (κ1) is 13.7. The summed E-state index contributed by atoms with van der Waals surface area (Å²) in [5.41, 5.74) is 0.472. The summed E-state index contributed by atoms with van der Waals surface area (Å²) in [5, 5.41) is 10.2. The highest BCUT2D eigenvalue weighted by Crippen LogP contribution is 2.23. The first-order chi connectivity index (χ1) is 8.63. The fourth-order valence-electron chi connectivity index (χ4n) is 2.23. The molecule has 100 valence electrons. The summed E-state index contributed by atoms with van der Waals surface area (Å²) < 4.78 is 19.0. The average molecular weight is 274 g/mol. The molecule has 1 aliphatic heterocycles. The van der Waals surface area contributed by atoms with E-state index in [0.717, 1.165) is 0 Å². The molecule has 1 aliphatic rings. The summed E-state index contributed by atoms with van der Waals surface area (Å²) in [6, 6.07) is 4.57. The molecule has 0 saturated carbocycles. The van der Waals surface area contributed by atoms with Gasteiger partial charge in [-0.15, -0.1) is 0 Å². The van der Waals surface area contributed by atoms with Gasteiger partial charge in [0.15, 0.2) is 0 Å². The second-order valence-corrected chi connectivity index (χ2v) is 4.84. The van der Waals surface area contributed by atoms with Gasteiger partial charge in [-0.2, -0.15) is 0 Å². The number of rotatable bonds is 4. The minimum atomic E-state index is -0.518. The molecule has 0 bridgehead atoms. The molecule has 1 N–H and O–H groups in total. The molecular weight excluding hydrogens is 257 g/mol. The van der Waals surface area contributed by atoms with Crippen LogP contribution in [-0.4, -0.2) is 41.9 Å². The van der Waals surface area contributed by atoms with Crippen LogP contribution in [0.25, 0.3) is 0 Å². The first-order valence-electron chi connectivity index (χ1n) is 6.06. The minimum absolute atomic E-state index is 0.0920. The lowest BCUT2D eigenvalue weighted by atomic mass is 10.1. The zero-order valence-electron chi connectivity index (χ0n) is 10.3. The van der Waals surface area contributed by atoms with Gasteiger partial charge in [-0.05, 0) is 18.7 Å². The number of ether oxygens (including phenoxy) is 1. The van der Waals surface area contributed by atoms with Gasteiger partial charge in [-0.3, -0.25) is 4.90 Å². The van der Waals surface area contributed by atoms with E-state index in [2.05, 4.69) is 0 Å². The van der Waals surface area contributed by atoms with Gasteiger partial charge >= 0.3 is 0 Å². The van der Waals surface area contributed by atoms with Crippen molar-refractivity contribution in [3.8, 4) is 0 Å². The van der Waals surface area contributed by atoms with Crippen molar-refractivity contribution in [3.05, 3.63) is 34.6 Å². The monoisotopic (exact) mass is 273 g/mol. The van der Waals surface area contributed by atoms with Crippen molar-refractivity contribution in [1.29, 1.82) is 0 Å². The maximum Gasteiger partial charge on any atom is 0.129 e. The number of aliphatic hydroxyl groups excluding tert-OH is 1. The number of hydrogen-bond acceptors (Lipinski definition) is 3. The highest BCUT2D eigenvalue weighted by molar-refractivity contribution is 6.31. The molecule has 5 heteroatoms. The lowest BCUT2D eigenvalue weighted by Gasteiger charge is -2.29. The summed E-state index contributed by atoms with van der Waals surface area (Å²) in [5.74, 6) is -0.311. The second kappa shape index (κ2) is 5.97. The van der Waals surface area contributed by atoms with Crippen molar-refractivity contribution in [2.24, 2.45) is 0 Å². The van der Waals surface area contributed by atoms with E-state index in [1.165, 1.54) is 6.07 Å². The van der Waals surface area contributed by atoms with Gasteiger partial charge in [0, 0.05) is 17.1 Å². The Balaban J connectivity index is 2.15. The molecule has 0 spiro atoms. The molecular formula is C13H17ClFNO2. The van der Waals surface area contributed by atoms with Crippen LogP contribution in [0.3, 0.4) is 0 Å². The molecule has 1 aromatic carbocycles. The quantitative estimate of drug-likeness (QED) is 0.912. The van der Waals surface area contributed by atoms with Gasteiger partial charge in [-0.25, -0.2) is 4.39 Å². The molecule has 1 saturated heterocycles. The molecule has 0 aliphatic carbocycles. The number of aliphatic hydroxyl groups is 1. The lowest BCUT2D eigenvalue weighted by Crippen LogP contribution is -2.42. The topological polar surface area (TPSA) is 32.7 Å². The van der Waals surface area contributed by atoms with E-state index < -0.39 is 6.10 Å². The summed E-state index contributed by atoms with van der Waals surface area (Å²) in [4.78, 5) is 1.99. The maximum atomic E-state index is 13.7. The molecule has 0 radical (unpaired) electrons. The lowest BCUT2D eigenvalue weighted by molar-refractivity contribution is 0.0802. The van der Waals surface area contributed by atoms with Crippen LogP contribution >= 0.6 is 11.6 Å². The fourth-order valence-corrected chi connectivity index (χ4v) is 2.45. The highest BCUT2D eigenvalue weighted by Gasteiger charge is 2.31. The van der Waals surface area contributed by atoms with E-state index >= 15 is 0 Å². The van der Waals surface area contributed by atoms with Crippen LogP contribution in [0, 0.1) is 5.82 Å². The Bertz CT molecular complexity index is 396. The van der Waals surface area contributed by atoms with Crippen LogP contribution in [-0.2, 0) is 11.3 Å². The van der Waals surface area contributed by atoms with E-state index in [0.29, 0.717) is 36.9 Å². The molecule has 1 aromatic rings. The highest BCUT2D eigenvalue weighted by atomic mass is 35.5. The molecule has 2 rings (SSSR count). The third-order valence-corrected chi connectivity index (χ3v) is 3.67. The van der Waals surface area contributed by atoms with Gasteiger partial charge in [0.25, 0.3) is 0 Å². The van der Waals surface area contributed by atoms with Crippen molar-refractivity contribution < 1.29 is 14.2 Å². The second-order valence-electron chi connectivity index (χ2n) is 4.44. The van der Waals surface area contributed by atoms with Crippen molar-refractivity contribution in [3.63, 3.8) is 0 Å². The Hall–Kier alpha value is -0.680. The van der Waals surface area contributed by atoms with E-state index in [1.54, 1.807) is 12.1 Å². The van der Waals surface area contributed by atoms with Crippen molar-refractivity contribution >= 4 is 11.6 Å². The maximum absolute atomic E-state index is 13.7. The van der Waals surface area contributed by atoms with Gasteiger partial charge in [0.05, 0.1) is 25.4 Å². The average Bonchev–Trinajstić information content (AvgIpc) is 2.76. The first-order valence-corrected chi connectivity index (χ1v) is 6.44. The number of hydrogen-bond donors (Lipinski definition) is 1. The molecule has 0 unspecified atom stereocenters. The van der Waals surface area contributed by atoms with Crippen LogP contribution in [0.2, 0.25) is 5.02 Å². The standard InChI is InChI=1S/C13H17ClFNO2/c1-2-16(12-7-18-8-13(12)17)6-9-10(14)4-3-5-11(9)15/h3-5,12-13,17H,2,6-8H2,1H3/t12-,13-/m0/s1. The molecule has 2 atom stereocenters. The van der Waals surface area contributed by atoms with E-state index in [9.17, 15) is 9.50 Å². The molecule has 18 heavy (non-hydrogen) atoms. The Kier molecular flexibility index (Phi) is 4.56. The number of nitrogens with zero attached hydrogens (tertiary/aromatic N) is 1. The third-order valence-electron chi connectivity index (χ3n) is 3.32. The Labute approximate surface area is 111 Å². The zero-order valence-corrected chi connectivity index (χ0v) is 11.0. The smallest absolute Gasteiger partial charge is 0.129 e. The molecule has 0 aromatic heterocycles. The van der Waals surface area contributed by atoms with Gasteiger partial charge in [0.1, 0.15) is 5.82 Å². The third kappa shape index (κ3) is 2.83. The Morgan fingerprint density at radius 3 is 2.83 bits per heavy atom. The van der Waals surface area contributed by atoms with Gasteiger partial charge in [0.2, 0.25) is 0 Å². The largest absolute Gasteiger partial charge is 0.389 e. The van der Waals surface area contributed by atoms with Gasteiger partial charge in [-0.1, -0.05) is 24.6 Å². The van der Waals surface area contributed by atoms with Crippen molar-refractivity contribution in [2.75, 3.05) is 19.8 Å². The number of likely N-dealkylation sites (N-methyl/N-ethyl adjacent to an activating group) is 1. The SMILES string of the molecule is CCN(Cc1c(F)cccc1Cl)[C@H]1COC[C@@H]1O. The van der Waals surface area contributed by atoms with E-state index in [4.69, 9.17) is 16.3 Å². The molecule has 1 heterocycles. The molecule has 1 fully saturated rings. The number of benzene rings is 1. The normalized spacial score (nSPS) is 23.8. The van der Waals surface area contributed by atoms with Crippen LogP contribution in [0.1, 0.15) is 12.5 Å². The van der Waals surface area contributed by atoms with Gasteiger partial charge < -0.3 is 9.84 Å². The van der Waals surface area contributed by atoms with Crippen molar-refractivity contribution in [2.45, 2.75) is 25.6 Å². The molecule has 3 nitrogen and oxygen atoms in total. The summed E-state index contributed by atoms with van der Waals surface area (Å²) in [6.07, 6.45) is -0.518. The van der Waals surface area contributed by atoms with Crippen LogP contribution in [0.5, 0.6) is 0 Å². The minimum Gasteiger partial charge on any atom is -0.389 e. The van der Waals surface area contributed by atoms with Crippen molar-refractivity contribution in [1.82, 2.24) is 4.90 Å². The number of halogens is 2. The summed E-state index contributed by atoms with van der Waals surface area (Å²) in [7, 11) is 0. The predicted molar refractivity (Wildman–Crippen MR) is 68.1 cm³/mol. The predicted octanol–water partition coefficient (Wildman–Crippen LogP) is 2.06. The Morgan fingerprint density at radius 2 is 2.28 bits per heavy atom. The summed E-state index contributed by atoms with van der Waals surface area (Å²) in [6.45, 7) is 3.87. The fraction of sp³-hybridized carbons (Fsp3) is 0.538.